The van der Waals surface area contributed by atoms with Crippen LogP contribution in [0.3, 0.4) is 0 Å². The van der Waals surface area contributed by atoms with Gasteiger partial charge in [-0.15, -0.1) is 11.3 Å². The zero-order chi connectivity index (χ0) is 13.0. The molecule has 18 heavy (non-hydrogen) atoms. The fraction of sp³-hybridized carbons (Fsp3) is 0.250. The van der Waals surface area contributed by atoms with Crippen molar-refractivity contribution in [3.63, 3.8) is 0 Å². The summed E-state index contributed by atoms with van der Waals surface area (Å²) in [6.45, 7) is 2.97. The van der Waals surface area contributed by atoms with Crippen LogP contribution in [0.25, 0.3) is 0 Å². The summed E-state index contributed by atoms with van der Waals surface area (Å²) in [6, 6.07) is 1.82. The minimum atomic E-state index is -0.878. The molecule has 2 aromatic rings. The lowest BCUT2D eigenvalue weighted by Crippen LogP contribution is -2.15. The molecule has 0 aliphatic carbocycles. The summed E-state index contributed by atoms with van der Waals surface area (Å²) >= 11 is 1.24. The van der Waals surface area contributed by atoms with Gasteiger partial charge in [0, 0.05) is 25.5 Å². The van der Waals surface area contributed by atoms with Gasteiger partial charge >= 0.3 is 5.97 Å². The third kappa shape index (κ3) is 3.12. The number of hydrogen-bond acceptors (Lipinski definition) is 5. The Morgan fingerprint density at radius 3 is 2.89 bits per heavy atom. The van der Waals surface area contributed by atoms with E-state index in [4.69, 9.17) is 5.11 Å². The standard InChI is InChI=1S/C12H13N3O2S/c1-8-4-15-10(7-14-8)6-13-5-9-2-3-18-11(9)12(16)17/h2-4,7,13H,5-6H2,1H3,(H,16,17). The van der Waals surface area contributed by atoms with Gasteiger partial charge in [0.25, 0.3) is 0 Å². The summed E-state index contributed by atoms with van der Waals surface area (Å²) in [4.78, 5) is 19.7. The Balaban J connectivity index is 1.90. The number of carboxylic acids is 1. The van der Waals surface area contributed by atoms with E-state index in [1.54, 1.807) is 17.8 Å². The topological polar surface area (TPSA) is 75.1 Å². The Labute approximate surface area is 109 Å². The van der Waals surface area contributed by atoms with Gasteiger partial charge in [-0.05, 0) is 23.9 Å². The quantitative estimate of drug-likeness (QED) is 0.860. The van der Waals surface area contributed by atoms with Crippen LogP contribution < -0.4 is 5.32 Å². The van der Waals surface area contributed by atoms with Gasteiger partial charge in [-0.1, -0.05) is 0 Å². The summed E-state index contributed by atoms with van der Waals surface area (Å²) < 4.78 is 0. The summed E-state index contributed by atoms with van der Waals surface area (Å²) in [5.41, 5.74) is 2.52. The molecule has 0 unspecified atom stereocenters. The molecule has 0 radical (unpaired) electrons. The van der Waals surface area contributed by atoms with Gasteiger partial charge in [0.2, 0.25) is 0 Å². The Kier molecular flexibility index (Phi) is 4.01. The number of carbonyl (C=O) groups is 1. The molecule has 0 amide bonds. The van der Waals surface area contributed by atoms with Crippen molar-refractivity contribution in [2.45, 2.75) is 20.0 Å². The highest BCUT2D eigenvalue weighted by Gasteiger charge is 2.10. The number of nitrogens with one attached hydrogen (secondary N) is 1. The van der Waals surface area contributed by atoms with E-state index in [0.29, 0.717) is 18.0 Å². The van der Waals surface area contributed by atoms with E-state index in [0.717, 1.165) is 17.0 Å². The zero-order valence-electron chi connectivity index (χ0n) is 9.88. The van der Waals surface area contributed by atoms with Crippen molar-refractivity contribution in [2.75, 3.05) is 0 Å². The van der Waals surface area contributed by atoms with E-state index in [1.165, 1.54) is 11.3 Å². The SMILES string of the molecule is Cc1cnc(CNCc2ccsc2C(=O)O)cn1. The van der Waals surface area contributed by atoms with Crippen molar-refractivity contribution in [3.8, 4) is 0 Å². The number of aromatic nitrogens is 2. The Morgan fingerprint density at radius 1 is 1.39 bits per heavy atom. The molecule has 0 fully saturated rings. The number of aromatic carboxylic acids is 1. The first-order valence-corrected chi connectivity index (χ1v) is 6.32. The predicted molar refractivity (Wildman–Crippen MR) is 68.6 cm³/mol. The molecule has 2 N–H and O–H groups in total. The van der Waals surface area contributed by atoms with Gasteiger partial charge < -0.3 is 10.4 Å². The maximum atomic E-state index is 10.9. The molecule has 94 valence electrons. The monoisotopic (exact) mass is 263 g/mol. The molecule has 0 aliphatic rings. The average molecular weight is 263 g/mol. The Hall–Kier alpha value is -1.79. The van der Waals surface area contributed by atoms with Crippen molar-refractivity contribution in [3.05, 3.63) is 45.7 Å². The molecule has 0 aliphatic heterocycles. The van der Waals surface area contributed by atoms with Crippen molar-refractivity contribution in [2.24, 2.45) is 0 Å². The largest absolute Gasteiger partial charge is 0.477 e. The van der Waals surface area contributed by atoms with Crippen LogP contribution in [0.5, 0.6) is 0 Å². The molecule has 0 saturated heterocycles. The van der Waals surface area contributed by atoms with Gasteiger partial charge in [0.1, 0.15) is 4.88 Å². The number of rotatable bonds is 5. The summed E-state index contributed by atoms with van der Waals surface area (Å²) in [5, 5.41) is 13.9. The maximum absolute atomic E-state index is 10.9. The first-order valence-electron chi connectivity index (χ1n) is 5.44. The van der Waals surface area contributed by atoms with Crippen molar-refractivity contribution >= 4 is 17.3 Å². The second-order valence-corrected chi connectivity index (χ2v) is 4.75. The van der Waals surface area contributed by atoms with Crippen LogP contribution in [-0.4, -0.2) is 21.0 Å². The first-order chi connectivity index (χ1) is 8.66. The van der Waals surface area contributed by atoms with E-state index >= 15 is 0 Å². The normalized spacial score (nSPS) is 10.5. The third-order valence-corrected chi connectivity index (χ3v) is 3.34. The predicted octanol–water partition coefficient (Wildman–Crippen LogP) is 1.83. The van der Waals surface area contributed by atoms with Gasteiger partial charge in [-0.25, -0.2) is 4.79 Å². The number of nitrogens with zero attached hydrogens (tertiary/aromatic N) is 2. The Morgan fingerprint density at radius 2 is 2.22 bits per heavy atom. The second-order valence-electron chi connectivity index (χ2n) is 3.83. The molecule has 2 heterocycles. The highest BCUT2D eigenvalue weighted by molar-refractivity contribution is 7.12. The van der Waals surface area contributed by atoms with Gasteiger partial charge in [0.15, 0.2) is 0 Å². The minimum absolute atomic E-state index is 0.387. The van der Waals surface area contributed by atoms with Crippen molar-refractivity contribution < 1.29 is 9.90 Å². The molecular weight excluding hydrogens is 250 g/mol. The van der Waals surface area contributed by atoms with E-state index < -0.39 is 5.97 Å². The number of aryl methyl sites for hydroxylation is 1. The molecule has 0 atom stereocenters. The highest BCUT2D eigenvalue weighted by atomic mass is 32.1. The van der Waals surface area contributed by atoms with Crippen LogP contribution in [0.1, 0.15) is 26.6 Å². The molecule has 0 aromatic carbocycles. The molecule has 2 aromatic heterocycles. The zero-order valence-corrected chi connectivity index (χ0v) is 10.7. The number of hydrogen-bond donors (Lipinski definition) is 2. The Bertz CT molecular complexity index is 537. The molecule has 0 saturated carbocycles. The van der Waals surface area contributed by atoms with Crippen LogP contribution in [-0.2, 0) is 13.1 Å². The fourth-order valence-corrected chi connectivity index (χ4v) is 2.26. The molecule has 6 heteroatoms. The smallest absolute Gasteiger partial charge is 0.346 e. The molecular formula is C12H13N3O2S. The van der Waals surface area contributed by atoms with E-state index in [9.17, 15) is 4.79 Å². The highest BCUT2D eigenvalue weighted by Crippen LogP contribution is 2.16. The van der Waals surface area contributed by atoms with Crippen LogP contribution in [0.2, 0.25) is 0 Å². The lowest BCUT2D eigenvalue weighted by molar-refractivity contribution is 0.0701. The number of carboxylic acid groups (broad SMARTS) is 1. The average Bonchev–Trinajstić information content (AvgIpc) is 2.80. The van der Waals surface area contributed by atoms with Crippen molar-refractivity contribution in [1.29, 1.82) is 0 Å². The minimum Gasteiger partial charge on any atom is -0.477 e. The summed E-state index contributed by atoms with van der Waals surface area (Å²) in [7, 11) is 0. The second kappa shape index (κ2) is 5.70. The lowest BCUT2D eigenvalue weighted by atomic mass is 10.2. The fourth-order valence-electron chi connectivity index (χ4n) is 1.50. The third-order valence-electron chi connectivity index (χ3n) is 2.40. The van der Waals surface area contributed by atoms with Crippen LogP contribution in [0.4, 0.5) is 0 Å². The van der Waals surface area contributed by atoms with Crippen LogP contribution in [0, 0.1) is 6.92 Å². The van der Waals surface area contributed by atoms with E-state index in [2.05, 4.69) is 15.3 Å². The lowest BCUT2D eigenvalue weighted by Gasteiger charge is -2.04. The molecule has 5 nitrogen and oxygen atoms in total. The van der Waals surface area contributed by atoms with Gasteiger partial charge in [-0.2, -0.15) is 0 Å². The van der Waals surface area contributed by atoms with Gasteiger partial charge in [0.05, 0.1) is 11.4 Å². The van der Waals surface area contributed by atoms with Crippen molar-refractivity contribution in [1.82, 2.24) is 15.3 Å². The van der Waals surface area contributed by atoms with E-state index in [1.807, 2.05) is 13.0 Å². The molecule has 2 rings (SSSR count). The summed E-state index contributed by atoms with van der Waals surface area (Å²) in [5.74, 6) is -0.878. The summed E-state index contributed by atoms with van der Waals surface area (Å²) in [6.07, 6.45) is 3.43. The maximum Gasteiger partial charge on any atom is 0.346 e. The molecule has 0 bridgehead atoms. The van der Waals surface area contributed by atoms with E-state index in [-0.39, 0.29) is 0 Å². The molecule has 0 spiro atoms. The van der Waals surface area contributed by atoms with Crippen LogP contribution in [0.15, 0.2) is 23.8 Å². The van der Waals surface area contributed by atoms with Crippen LogP contribution >= 0.6 is 11.3 Å². The first kappa shape index (κ1) is 12.7. The number of thiophene rings is 1. The van der Waals surface area contributed by atoms with Gasteiger partial charge in [-0.3, -0.25) is 9.97 Å².